The Hall–Kier alpha value is -0.740. The number of hydrogen-bond donors (Lipinski definition) is 0. The van der Waals surface area contributed by atoms with E-state index in [4.69, 9.17) is 11.2 Å². The standard InChI is InChI=1S/C7H10O/c1-5-7(3,6-2)8-4/h1,6H,2H2,3-4H3. The highest BCUT2D eigenvalue weighted by Crippen LogP contribution is 2.06. The summed E-state index contributed by atoms with van der Waals surface area (Å²) in [6.45, 7) is 5.28. The molecule has 0 aliphatic carbocycles. The van der Waals surface area contributed by atoms with Crippen molar-refractivity contribution in [3.63, 3.8) is 0 Å². The Morgan fingerprint density at radius 3 is 2.38 bits per heavy atom. The molecule has 0 heterocycles. The zero-order valence-electron chi connectivity index (χ0n) is 5.27. The first-order chi connectivity index (χ1) is 3.68. The SMILES string of the molecule is C#CC(C)(C=C)OC. The van der Waals surface area contributed by atoms with E-state index in [0.717, 1.165) is 0 Å². The molecule has 0 amide bonds. The van der Waals surface area contributed by atoms with Crippen molar-refractivity contribution in [3.8, 4) is 12.3 Å². The lowest BCUT2D eigenvalue weighted by Gasteiger charge is -2.14. The Morgan fingerprint density at radius 1 is 1.88 bits per heavy atom. The normalized spacial score (nSPS) is 16.1. The molecule has 0 aliphatic rings. The molecule has 1 nitrogen and oxygen atoms in total. The average molecular weight is 110 g/mol. The van der Waals surface area contributed by atoms with Gasteiger partial charge in [0.05, 0.1) is 0 Å². The van der Waals surface area contributed by atoms with E-state index in [2.05, 4.69) is 12.5 Å². The number of ether oxygens (including phenoxy) is 1. The van der Waals surface area contributed by atoms with Gasteiger partial charge < -0.3 is 4.74 Å². The lowest BCUT2D eigenvalue weighted by atomic mass is 10.1. The van der Waals surface area contributed by atoms with Gasteiger partial charge in [0.1, 0.15) is 5.60 Å². The third-order valence-electron chi connectivity index (χ3n) is 1.10. The minimum Gasteiger partial charge on any atom is -0.362 e. The maximum atomic E-state index is 5.08. The molecule has 0 rings (SSSR count). The first-order valence-corrected chi connectivity index (χ1v) is 2.35. The van der Waals surface area contributed by atoms with Crippen LogP contribution < -0.4 is 0 Å². The van der Waals surface area contributed by atoms with E-state index in [1.165, 1.54) is 0 Å². The third-order valence-corrected chi connectivity index (χ3v) is 1.10. The summed E-state index contributed by atoms with van der Waals surface area (Å²) >= 11 is 0. The monoisotopic (exact) mass is 110 g/mol. The predicted molar refractivity (Wildman–Crippen MR) is 34.4 cm³/mol. The van der Waals surface area contributed by atoms with Crippen molar-refractivity contribution in [2.75, 3.05) is 7.11 Å². The zero-order valence-corrected chi connectivity index (χ0v) is 5.27. The molecule has 0 fully saturated rings. The van der Waals surface area contributed by atoms with Crippen molar-refractivity contribution in [3.05, 3.63) is 12.7 Å². The second kappa shape index (κ2) is 2.54. The molecule has 0 saturated carbocycles. The third kappa shape index (κ3) is 1.40. The lowest BCUT2D eigenvalue weighted by molar-refractivity contribution is 0.0995. The van der Waals surface area contributed by atoms with Crippen molar-refractivity contribution in [1.29, 1.82) is 0 Å². The van der Waals surface area contributed by atoms with Crippen LogP contribution in [0.25, 0.3) is 0 Å². The smallest absolute Gasteiger partial charge is 0.143 e. The molecule has 0 saturated heterocycles. The highest BCUT2D eigenvalue weighted by molar-refractivity contribution is 5.15. The van der Waals surface area contributed by atoms with Gasteiger partial charge in [-0.2, -0.15) is 0 Å². The molecule has 0 aromatic heterocycles. The van der Waals surface area contributed by atoms with Crippen molar-refractivity contribution in [2.45, 2.75) is 12.5 Å². The minimum atomic E-state index is -0.583. The van der Waals surface area contributed by atoms with E-state index in [0.29, 0.717) is 0 Å². The van der Waals surface area contributed by atoms with Crippen LogP contribution in [0.3, 0.4) is 0 Å². The maximum absolute atomic E-state index is 5.08. The Bertz CT molecular complexity index is 121. The maximum Gasteiger partial charge on any atom is 0.143 e. The number of terminal acetylenes is 1. The fraction of sp³-hybridized carbons (Fsp3) is 0.429. The molecular formula is C7H10O. The number of hydrogen-bond acceptors (Lipinski definition) is 1. The quantitative estimate of drug-likeness (QED) is 0.383. The first kappa shape index (κ1) is 7.26. The summed E-state index contributed by atoms with van der Waals surface area (Å²) < 4.78 is 4.88. The van der Waals surface area contributed by atoms with Gasteiger partial charge in [0, 0.05) is 7.11 Å². The Labute approximate surface area is 50.4 Å². The van der Waals surface area contributed by atoms with Crippen molar-refractivity contribution >= 4 is 0 Å². The summed E-state index contributed by atoms with van der Waals surface area (Å²) in [5, 5.41) is 0. The van der Waals surface area contributed by atoms with Crippen LogP contribution in [0, 0.1) is 12.3 Å². The molecule has 0 aliphatic heterocycles. The van der Waals surface area contributed by atoms with Gasteiger partial charge in [0.25, 0.3) is 0 Å². The molecule has 44 valence electrons. The average Bonchev–Trinajstić information content (AvgIpc) is 1.87. The van der Waals surface area contributed by atoms with Crippen molar-refractivity contribution in [1.82, 2.24) is 0 Å². The van der Waals surface area contributed by atoms with Gasteiger partial charge in [-0.3, -0.25) is 0 Å². The fourth-order valence-corrected chi connectivity index (χ4v) is 0.201. The highest BCUT2D eigenvalue weighted by Gasteiger charge is 2.12. The minimum absolute atomic E-state index is 0.583. The molecule has 0 N–H and O–H groups in total. The number of rotatable bonds is 2. The van der Waals surface area contributed by atoms with Gasteiger partial charge in [0.15, 0.2) is 0 Å². The molecule has 1 atom stereocenters. The van der Waals surface area contributed by atoms with Crippen LogP contribution in [-0.4, -0.2) is 12.7 Å². The van der Waals surface area contributed by atoms with E-state index in [1.807, 2.05) is 0 Å². The van der Waals surface area contributed by atoms with Gasteiger partial charge in [-0.25, -0.2) is 0 Å². The van der Waals surface area contributed by atoms with Gasteiger partial charge in [-0.15, -0.1) is 6.42 Å². The van der Waals surface area contributed by atoms with Gasteiger partial charge in [-0.05, 0) is 13.0 Å². The molecule has 0 spiro atoms. The zero-order chi connectivity index (χ0) is 6.62. The first-order valence-electron chi connectivity index (χ1n) is 2.35. The Balaban J connectivity index is 4.03. The summed E-state index contributed by atoms with van der Waals surface area (Å²) in [6.07, 6.45) is 6.67. The van der Waals surface area contributed by atoms with Crippen LogP contribution in [0.5, 0.6) is 0 Å². The van der Waals surface area contributed by atoms with Crippen LogP contribution in [-0.2, 0) is 4.74 Å². The molecule has 0 aromatic rings. The molecule has 0 radical (unpaired) electrons. The van der Waals surface area contributed by atoms with Gasteiger partial charge in [0.2, 0.25) is 0 Å². The molecule has 1 heteroatoms. The van der Waals surface area contributed by atoms with Crippen LogP contribution in [0.1, 0.15) is 6.92 Å². The fourth-order valence-electron chi connectivity index (χ4n) is 0.201. The lowest BCUT2D eigenvalue weighted by Crippen LogP contribution is -2.20. The van der Waals surface area contributed by atoms with Crippen LogP contribution in [0.2, 0.25) is 0 Å². The molecule has 1 unspecified atom stereocenters. The van der Waals surface area contributed by atoms with Crippen molar-refractivity contribution < 1.29 is 4.74 Å². The second-order valence-corrected chi connectivity index (χ2v) is 1.66. The van der Waals surface area contributed by atoms with Crippen LogP contribution in [0.15, 0.2) is 12.7 Å². The summed E-state index contributed by atoms with van der Waals surface area (Å²) in [5.41, 5.74) is -0.583. The number of methoxy groups -OCH3 is 1. The highest BCUT2D eigenvalue weighted by atomic mass is 16.5. The molecule has 0 bridgehead atoms. The van der Waals surface area contributed by atoms with E-state index >= 15 is 0 Å². The van der Waals surface area contributed by atoms with Gasteiger partial charge >= 0.3 is 0 Å². The summed E-state index contributed by atoms with van der Waals surface area (Å²) in [7, 11) is 1.56. The largest absolute Gasteiger partial charge is 0.362 e. The van der Waals surface area contributed by atoms with E-state index in [-0.39, 0.29) is 0 Å². The van der Waals surface area contributed by atoms with E-state index in [9.17, 15) is 0 Å². The Kier molecular flexibility index (Phi) is 2.30. The topological polar surface area (TPSA) is 9.23 Å². The van der Waals surface area contributed by atoms with Crippen LogP contribution >= 0.6 is 0 Å². The molecular weight excluding hydrogens is 100 g/mol. The Morgan fingerprint density at radius 2 is 2.38 bits per heavy atom. The summed E-state index contributed by atoms with van der Waals surface area (Å²) in [5.74, 6) is 2.44. The van der Waals surface area contributed by atoms with Crippen molar-refractivity contribution in [2.24, 2.45) is 0 Å². The van der Waals surface area contributed by atoms with E-state index < -0.39 is 5.60 Å². The van der Waals surface area contributed by atoms with Gasteiger partial charge in [-0.1, -0.05) is 12.5 Å². The van der Waals surface area contributed by atoms with E-state index in [1.54, 1.807) is 20.1 Å². The second-order valence-electron chi connectivity index (χ2n) is 1.66. The predicted octanol–water partition coefficient (Wildman–Crippen LogP) is 1.21. The molecule has 8 heavy (non-hydrogen) atoms. The molecule has 0 aromatic carbocycles. The summed E-state index contributed by atoms with van der Waals surface area (Å²) in [4.78, 5) is 0. The summed E-state index contributed by atoms with van der Waals surface area (Å²) in [6, 6.07) is 0. The van der Waals surface area contributed by atoms with Crippen LogP contribution in [0.4, 0.5) is 0 Å².